The van der Waals surface area contributed by atoms with Gasteiger partial charge in [-0.05, 0) is 57.8 Å². The molecule has 2 atom stereocenters. The van der Waals surface area contributed by atoms with E-state index in [1.54, 1.807) is 0 Å². The van der Waals surface area contributed by atoms with Gasteiger partial charge in [-0.25, -0.2) is 0 Å². The third-order valence-electron chi connectivity index (χ3n) is 5.71. The summed E-state index contributed by atoms with van der Waals surface area (Å²) in [6, 6.07) is 10.2. The molecule has 3 heterocycles. The van der Waals surface area contributed by atoms with Gasteiger partial charge >= 0.3 is 0 Å². The second-order valence-electron chi connectivity index (χ2n) is 8.05. The third-order valence-corrected chi connectivity index (χ3v) is 6.75. The fraction of sp³-hybridized carbons (Fsp3) is 0.591. The van der Waals surface area contributed by atoms with Crippen LogP contribution >= 0.6 is 11.8 Å². The first-order valence-corrected chi connectivity index (χ1v) is 11.9. The maximum Gasteiger partial charge on any atom is 0.233 e. The zero-order valence-corrected chi connectivity index (χ0v) is 18.4. The van der Waals surface area contributed by atoms with E-state index in [0.29, 0.717) is 6.54 Å². The smallest absolute Gasteiger partial charge is 0.233 e. The van der Waals surface area contributed by atoms with E-state index >= 15 is 0 Å². The molecule has 30 heavy (non-hydrogen) atoms. The molecule has 7 nitrogen and oxygen atoms in total. The van der Waals surface area contributed by atoms with E-state index in [4.69, 9.17) is 4.74 Å². The van der Waals surface area contributed by atoms with Crippen molar-refractivity contribution >= 4 is 17.7 Å². The van der Waals surface area contributed by atoms with Gasteiger partial charge in [0, 0.05) is 18.8 Å². The minimum atomic E-state index is -0.263. The van der Waals surface area contributed by atoms with E-state index in [-0.39, 0.29) is 17.3 Å². The molecule has 2 fully saturated rings. The monoisotopic (exact) mass is 429 g/mol. The Morgan fingerprint density at radius 3 is 2.73 bits per heavy atom. The number of hydrogen-bond donors (Lipinski definition) is 1. The molecule has 0 spiro atoms. The molecule has 1 aromatic heterocycles. The number of likely N-dealkylation sites (tertiary alicyclic amines) is 1. The summed E-state index contributed by atoms with van der Waals surface area (Å²) >= 11 is 1.46. The summed E-state index contributed by atoms with van der Waals surface area (Å²) < 4.78 is 7.70. The van der Waals surface area contributed by atoms with Crippen LogP contribution in [-0.2, 0) is 16.1 Å². The van der Waals surface area contributed by atoms with Crippen LogP contribution in [0.15, 0.2) is 35.5 Å². The summed E-state index contributed by atoms with van der Waals surface area (Å²) in [5.41, 5.74) is 1.03. The number of aromatic nitrogens is 3. The van der Waals surface area contributed by atoms with E-state index in [1.807, 2.05) is 25.1 Å². The van der Waals surface area contributed by atoms with Crippen LogP contribution in [0, 0.1) is 0 Å². The van der Waals surface area contributed by atoms with Crippen molar-refractivity contribution in [2.45, 2.75) is 62.1 Å². The number of hydrogen-bond acceptors (Lipinski definition) is 6. The number of piperidine rings is 1. The molecular weight excluding hydrogens is 398 g/mol. The largest absolute Gasteiger partial charge is 0.376 e. The number of ether oxygens (including phenoxy) is 1. The van der Waals surface area contributed by atoms with Crippen molar-refractivity contribution < 1.29 is 9.53 Å². The molecule has 2 saturated heterocycles. The molecule has 1 aromatic carbocycles. The number of amides is 1. The lowest BCUT2D eigenvalue weighted by molar-refractivity contribution is -0.120. The topological polar surface area (TPSA) is 72.3 Å². The van der Waals surface area contributed by atoms with Crippen molar-refractivity contribution in [1.29, 1.82) is 0 Å². The first kappa shape index (κ1) is 21.3. The molecule has 0 bridgehead atoms. The van der Waals surface area contributed by atoms with Crippen molar-refractivity contribution in [3.8, 4) is 5.69 Å². The van der Waals surface area contributed by atoms with Crippen molar-refractivity contribution in [2.24, 2.45) is 0 Å². The molecular formula is C22H31N5O2S. The van der Waals surface area contributed by atoms with E-state index in [9.17, 15) is 4.79 Å². The van der Waals surface area contributed by atoms with Gasteiger partial charge in [-0.1, -0.05) is 36.4 Å². The molecule has 4 rings (SSSR count). The predicted octanol–water partition coefficient (Wildman–Crippen LogP) is 3.03. The van der Waals surface area contributed by atoms with Crippen LogP contribution in [0.2, 0.25) is 0 Å². The number of thioether (sulfide) groups is 1. The Balaban J connectivity index is 1.46. The SMILES string of the molecule is C[C@@H](Sc1nnc(CN2CCCCC2)n1-c1ccccc1)C(=O)NC[C@@H]1CCCO1. The summed E-state index contributed by atoms with van der Waals surface area (Å²) in [6.45, 7) is 6.28. The summed E-state index contributed by atoms with van der Waals surface area (Å²) in [7, 11) is 0. The number of benzene rings is 1. The minimum Gasteiger partial charge on any atom is -0.376 e. The Morgan fingerprint density at radius 1 is 1.20 bits per heavy atom. The Hall–Kier alpha value is -1.90. The summed E-state index contributed by atoms with van der Waals surface area (Å²) in [4.78, 5) is 15.1. The molecule has 8 heteroatoms. The molecule has 1 N–H and O–H groups in total. The Morgan fingerprint density at radius 2 is 2.00 bits per heavy atom. The molecule has 2 aliphatic heterocycles. The first-order valence-electron chi connectivity index (χ1n) is 11.0. The Kier molecular flexibility index (Phi) is 7.41. The van der Waals surface area contributed by atoms with Gasteiger partial charge in [0.1, 0.15) is 0 Å². The molecule has 162 valence electrons. The molecule has 0 unspecified atom stereocenters. The lowest BCUT2D eigenvalue weighted by atomic mass is 10.1. The van der Waals surface area contributed by atoms with Crippen LogP contribution in [0.1, 0.15) is 44.9 Å². The second-order valence-corrected chi connectivity index (χ2v) is 9.35. The standard InChI is InChI=1S/C22H31N5O2S/c1-17(21(28)23-15-19-11-8-14-29-19)30-22-25-24-20(16-26-12-6-3-7-13-26)27(22)18-9-4-2-5-10-18/h2,4-5,9-10,17,19H,3,6-8,11-16H2,1H3,(H,23,28)/t17-,19+/m1/s1. The van der Waals surface area contributed by atoms with Crippen LogP contribution in [0.5, 0.6) is 0 Å². The highest BCUT2D eigenvalue weighted by Crippen LogP contribution is 2.27. The van der Waals surface area contributed by atoms with Crippen molar-refractivity contribution in [3.63, 3.8) is 0 Å². The number of nitrogens with zero attached hydrogens (tertiary/aromatic N) is 4. The van der Waals surface area contributed by atoms with Crippen molar-refractivity contribution in [1.82, 2.24) is 25.0 Å². The van der Waals surface area contributed by atoms with Gasteiger partial charge in [0.2, 0.25) is 5.91 Å². The van der Waals surface area contributed by atoms with Crippen LogP contribution in [0.4, 0.5) is 0 Å². The highest BCUT2D eigenvalue weighted by atomic mass is 32.2. The van der Waals surface area contributed by atoms with Gasteiger partial charge in [0.05, 0.1) is 17.9 Å². The zero-order chi connectivity index (χ0) is 20.8. The maximum atomic E-state index is 12.6. The minimum absolute atomic E-state index is 0.00990. The fourth-order valence-electron chi connectivity index (χ4n) is 4.01. The molecule has 1 amide bonds. The van der Waals surface area contributed by atoms with Gasteiger partial charge in [-0.3, -0.25) is 14.3 Å². The number of nitrogens with one attached hydrogen (secondary N) is 1. The van der Waals surface area contributed by atoms with Gasteiger partial charge in [0.15, 0.2) is 11.0 Å². The number of carbonyl (C=O) groups excluding carboxylic acids is 1. The normalized spacial score (nSPS) is 20.9. The van der Waals surface area contributed by atoms with Crippen LogP contribution in [0.25, 0.3) is 5.69 Å². The highest BCUT2D eigenvalue weighted by molar-refractivity contribution is 8.00. The molecule has 2 aromatic rings. The van der Waals surface area contributed by atoms with E-state index < -0.39 is 0 Å². The van der Waals surface area contributed by atoms with E-state index in [2.05, 4.69) is 37.1 Å². The maximum absolute atomic E-state index is 12.6. The van der Waals surface area contributed by atoms with Crippen LogP contribution in [0.3, 0.4) is 0 Å². The van der Waals surface area contributed by atoms with E-state index in [1.165, 1.54) is 31.0 Å². The Bertz CT molecular complexity index is 816. The number of carbonyl (C=O) groups is 1. The van der Waals surface area contributed by atoms with Gasteiger partial charge in [-0.15, -0.1) is 10.2 Å². The molecule has 0 saturated carbocycles. The Labute approximate surface area is 182 Å². The average Bonchev–Trinajstić information content (AvgIpc) is 3.43. The lowest BCUT2D eigenvalue weighted by Gasteiger charge is -2.26. The van der Waals surface area contributed by atoms with Crippen molar-refractivity contribution in [3.05, 3.63) is 36.2 Å². The number of para-hydroxylation sites is 1. The van der Waals surface area contributed by atoms with Crippen LogP contribution < -0.4 is 5.32 Å². The second kappa shape index (κ2) is 10.4. The molecule has 0 aliphatic carbocycles. The van der Waals surface area contributed by atoms with Gasteiger partial charge in [-0.2, -0.15) is 0 Å². The van der Waals surface area contributed by atoms with Gasteiger partial charge < -0.3 is 10.1 Å². The lowest BCUT2D eigenvalue weighted by Crippen LogP contribution is -2.36. The van der Waals surface area contributed by atoms with Crippen LogP contribution in [-0.4, -0.2) is 63.2 Å². The molecule has 0 radical (unpaired) electrons. The van der Waals surface area contributed by atoms with Gasteiger partial charge in [0.25, 0.3) is 0 Å². The quantitative estimate of drug-likeness (QED) is 0.651. The molecule has 2 aliphatic rings. The zero-order valence-electron chi connectivity index (χ0n) is 17.6. The predicted molar refractivity (Wildman–Crippen MR) is 118 cm³/mol. The summed E-state index contributed by atoms with van der Waals surface area (Å²) in [5, 5.41) is 12.5. The first-order chi connectivity index (χ1) is 14.7. The fourth-order valence-corrected chi connectivity index (χ4v) is 4.92. The average molecular weight is 430 g/mol. The van der Waals surface area contributed by atoms with E-state index in [0.717, 1.165) is 55.8 Å². The highest BCUT2D eigenvalue weighted by Gasteiger charge is 2.24. The number of rotatable bonds is 8. The van der Waals surface area contributed by atoms with Crippen molar-refractivity contribution in [2.75, 3.05) is 26.2 Å². The third kappa shape index (κ3) is 5.42. The summed E-state index contributed by atoms with van der Waals surface area (Å²) in [5.74, 6) is 0.938. The summed E-state index contributed by atoms with van der Waals surface area (Å²) in [6.07, 6.45) is 6.03.